The zero-order chi connectivity index (χ0) is 23.5. The SMILES string of the molecule is CCC(Cc1ccc(C(F)(F)C(O)(Cn2cnnn2)c2ccc(F)cc2F)nc1)C(=O)O. The van der Waals surface area contributed by atoms with Gasteiger partial charge in [0.1, 0.15) is 23.7 Å². The molecule has 2 heterocycles. The van der Waals surface area contributed by atoms with E-state index in [4.69, 9.17) is 5.11 Å². The van der Waals surface area contributed by atoms with Gasteiger partial charge in [0.25, 0.3) is 0 Å². The lowest BCUT2D eigenvalue weighted by Crippen LogP contribution is -2.48. The first-order chi connectivity index (χ1) is 15.1. The van der Waals surface area contributed by atoms with Crippen LogP contribution >= 0.6 is 0 Å². The number of alkyl halides is 2. The third-order valence-electron chi connectivity index (χ3n) is 5.15. The van der Waals surface area contributed by atoms with Crippen LogP contribution in [0.2, 0.25) is 0 Å². The molecule has 0 radical (unpaired) electrons. The molecular weight excluding hydrogens is 434 g/mol. The first-order valence-corrected chi connectivity index (χ1v) is 9.53. The number of carbonyl (C=O) groups is 1. The number of aromatic nitrogens is 5. The molecule has 3 aromatic rings. The minimum Gasteiger partial charge on any atom is -0.481 e. The molecule has 3 rings (SSSR count). The molecule has 0 aliphatic rings. The molecule has 2 N–H and O–H groups in total. The zero-order valence-corrected chi connectivity index (χ0v) is 16.8. The molecule has 0 fully saturated rings. The summed E-state index contributed by atoms with van der Waals surface area (Å²) in [4.78, 5) is 14.9. The highest BCUT2D eigenvalue weighted by Gasteiger charge is 2.58. The molecule has 0 saturated heterocycles. The second-order valence-electron chi connectivity index (χ2n) is 7.27. The topological polar surface area (TPSA) is 114 Å². The molecule has 0 aliphatic carbocycles. The van der Waals surface area contributed by atoms with Crippen LogP contribution in [0.4, 0.5) is 17.6 Å². The molecular formula is C20H19F4N5O3. The van der Waals surface area contributed by atoms with E-state index >= 15 is 8.78 Å². The Morgan fingerprint density at radius 3 is 2.50 bits per heavy atom. The van der Waals surface area contributed by atoms with Crippen molar-refractivity contribution in [2.24, 2.45) is 5.92 Å². The quantitative estimate of drug-likeness (QED) is 0.479. The number of pyridine rings is 1. The summed E-state index contributed by atoms with van der Waals surface area (Å²) in [5.74, 6) is -8.31. The summed E-state index contributed by atoms with van der Waals surface area (Å²) in [6, 6.07) is 4.03. The third kappa shape index (κ3) is 4.44. The normalized spacial score (nSPS) is 14.7. The van der Waals surface area contributed by atoms with E-state index in [2.05, 4.69) is 20.5 Å². The number of rotatable bonds is 9. The van der Waals surface area contributed by atoms with Crippen molar-refractivity contribution in [3.63, 3.8) is 0 Å². The Bertz CT molecular complexity index is 1080. The lowest BCUT2D eigenvalue weighted by molar-refractivity contribution is -0.207. The fourth-order valence-corrected chi connectivity index (χ4v) is 3.30. The number of aliphatic carboxylic acids is 1. The van der Waals surface area contributed by atoms with Crippen molar-refractivity contribution in [3.05, 3.63) is 71.3 Å². The molecule has 0 saturated carbocycles. The molecule has 170 valence electrons. The van der Waals surface area contributed by atoms with Crippen LogP contribution in [0.3, 0.4) is 0 Å². The molecule has 0 amide bonds. The van der Waals surface area contributed by atoms with Gasteiger partial charge in [-0.05, 0) is 47.0 Å². The Kier molecular flexibility index (Phi) is 6.53. The standard InChI is InChI=1S/C20H19F4N5O3/c1-2-13(18(30)31)7-12-3-6-17(25-9-12)20(23,24)19(32,10-29-11-26-27-28-29)15-5-4-14(21)8-16(15)22/h3-6,8-9,11,13,32H,2,7,10H2,1H3,(H,30,31). The summed E-state index contributed by atoms with van der Waals surface area (Å²) in [7, 11) is 0. The molecule has 0 spiro atoms. The first kappa shape index (κ1) is 23.3. The van der Waals surface area contributed by atoms with Gasteiger partial charge in [0, 0.05) is 17.8 Å². The van der Waals surface area contributed by atoms with Gasteiger partial charge in [0.05, 0.1) is 12.5 Å². The van der Waals surface area contributed by atoms with Crippen molar-refractivity contribution >= 4 is 5.97 Å². The number of halogens is 4. The van der Waals surface area contributed by atoms with Crippen LogP contribution in [0.15, 0.2) is 42.9 Å². The van der Waals surface area contributed by atoms with E-state index in [-0.39, 0.29) is 6.42 Å². The van der Waals surface area contributed by atoms with E-state index < -0.39 is 52.8 Å². The summed E-state index contributed by atoms with van der Waals surface area (Å²) in [5.41, 5.74) is -4.61. The molecule has 2 aromatic heterocycles. The van der Waals surface area contributed by atoms with E-state index in [1.807, 2.05) is 0 Å². The number of nitrogens with zero attached hydrogens (tertiary/aromatic N) is 5. The van der Waals surface area contributed by atoms with E-state index in [1.54, 1.807) is 6.92 Å². The summed E-state index contributed by atoms with van der Waals surface area (Å²) >= 11 is 0. The molecule has 1 aromatic carbocycles. The highest BCUT2D eigenvalue weighted by atomic mass is 19.3. The lowest BCUT2D eigenvalue weighted by atomic mass is 9.84. The minimum absolute atomic E-state index is 0.0756. The van der Waals surface area contributed by atoms with E-state index in [9.17, 15) is 18.7 Å². The average Bonchev–Trinajstić information content (AvgIpc) is 3.24. The molecule has 32 heavy (non-hydrogen) atoms. The molecule has 12 heteroatoms. The number of tetrazole rings is 1. The number of carboxylic acids is 1. The summed E-state index contributed by atoms with van der Waals surface area (Å²) in [5, 5.41) is 30.3. The predicted molar refractivity (Wildman–Crippen MR) is 101 cm³/mol. The molecule has 8 nitrogen and oxygen atoms in total. The lowest BCUT2D eigenvalue weighted by Gasteiger charge is -2.35. The first-order valence-electron chi connectivity index (χ1n) is 9.53. The van der Waals surface area contributed by atoms with Gasteiger partial charge in [-0.1, -0.05) is 13.0 Å². The van der Waals surface area contributed by atoms with Gasteiger partial charge in [-0.25, -0.2) is 13.5 Å². The van der Waals surface area contributed by atoms with Crippen LogP contribution in [-0.4, -0.2) is 41.4 Å². The number of hydrogen-bond acceptors (Lipinski definition) is 6. The number of aliphatic hydroxyl groups is 1. The second kappa shape index (κ2) is 8.99. The van der Waals surface area contributed by atoms with E-state index in [0.717, 1.165) is 35.4 Å². The van der Waals surface area contributed by atoms with Gasteiger partial charge in [0.15, 0.2) is 5.60 Å². The maximum atomic E-state index is 15.6. The van der Waals surface area contributed by atoms with Gasteiger partial charge in [-0.15, -0.1) is 5.10 Å². The van der Waals surface area contributed by atoms with E-state index in [1.165, 1.54) is 6.07 Å². The van der Waals surface area contributed by atoms with Crippen LogP contribution in [0.5, 0.6) is 0 Å². The zero-order valence-electron chi connectivity index (χ0n) is 16.8. The summed E-state index contributed by atoms with van der Waals surface area (Å²) in [6.45, 7) is 0.723. The summed E-state index contributed by atoms with van der Waals surface area (Å²) < 4.78 is 59.8. The maximum absolute atomic E-state index is 15.6. The number of benzene rings is 1. The van der Waals surface area contributed by atoms with E-state index in [0.29, 0.717) is 18.1 Å². The average molecular weight is 453 g/mol. The summed E-state index contributed by atoms with van der Waals surface area (Å²) in [6.07, 6.45) is 2.44. The van der Waals surface area contributed by atoms with Crippen molar-refractivity contribution in [1.29, 1.82) is 0 Å². The van der Waals surface area contributed by atoms with Crippen LogP contribution in [0.1, 0.15) is 30.2 Å². The van der Waals surface area contributed by atoms with Crippen LogP contribution < -0.4 is 0 Å². The van der Waals surface area contributed by atoms with Crippen LogP contribution in [0, 0.1) is 17.6 Å². The van der Waals surface area contributed by atoms with Crippen molar-refractivity contribution < 1.29 is 32.6 Å². The van der Waals surface area contributed by atoms with Gasteiger partial charge in [-0.2, -0.15) is 8.78 Å². The fraction of sp³-hybridized carbons (Fsp3) is 0.350. The van der Waals surface area contributed by atoms with Gasteiger partial charge in [0.2, 0.25) is 0 Å². The molecule has 2 unspecified atom stereocenters. The Morgan fingerprint density at radius 2 is 1.97 bits per heavy atom. The highest BCUT2D eigenvalue weighted by molar-refractivity contribution is 5.70. The smallest absolute Gasteiger partial charge is 0.323 e. The van der Waals surface area contributed by atoms with Crippen LogP contribution in [0.25, 0.3) is 0 Å². The largest absolute Gasteiger partial charge is 0.481 e. The predicted octanol–water partition coefficient (Wildman–Crippen LogP) is 2.68. The highest BCUT2D eigenvalue weighted by Crippen LogP contribution is 2.46. The van der Waals surface area contributed by atoms with Crippen LogP contribution in [-0.2, 0) is 29.3 Å². The Labute approximate surface area is 179 Å². The molecule has 0 bridgehead atoms. The molecule has 0 aliphatic heterocycles. The number of hydrogen-bond donors (Lipinski definition) is 2. The Balaban J connectivity index is 2.02. The fourth-order valence-electron chi connectivity index (χ4n) is 3.30. The van der Waals surface area contributed by atoms with Gasteiger partial charge in [-0.3, -0.25) is 9.78 Å². The Hall–Kier alpha value is -3.41. The monoisotopic (exact) mass is 453 g/mol. The third-order valence-corrected chi connectivity index (χ3v) is 5.15. The number of carboxylic acid groups (broad SMARTS) is 1. The minimum atomic E-state index is -4.17. The van der Waals surface area contributed by atoms with Gasteiger partial charge >= 0.3 is 11.9 Å². The maximum Gasteiger partial charge on any atom is 0.323 e. The van der Waals surface area contributed by atoms with Crippen molar-refractivity contribution in [3.8, 4) is 0 Å². The van der Waals surface area contributed by atoms with Crippen molar-refractivity contribution in [2.75, 3.05) is 0 Å². The van der Waals surface area contributed by atoms with Gasteiger partial charge < -0.3 is 10.2 Å². The molecule has 2 atom stereocenters. The Morgan fingerprint density at radius 1 is 1.22 bits per heavy atom. The van der Waals surface area contributed by atoms with Crippen molar-refractivity contribution in [2.45, 2.75) is 37.8 Å². The van der Waals surface area contributed by atoms with Crippen molar-refractivity contribution in [1.82, 2.24) is 25.2 Å². The second-order valence-corrected chi connectivity index (χ2v) is 7.27.